The van der Waals surface area contributed by atoms with Gasteiger partial charge in [0, 0.05) is 31.6 Å². The average Bonchev–Trinajstić information content (AvgIpc) is 2.89. The molecule has 1 heterocycles. The summed E-state index contributed by atoms with van der Waals surface area (Å²) >= 11 is 0. The monoisotopic (exact) mass is 268 g/mol. The van der Waals surface area contributed by atoms with Gasteiger partial charge in [0.1, 0.15) is 12.2 Å². The van der Waals surface area contributed by atoms with Gasteiger partial charge in [-0.05, 0) is 6.42 Å². The van der Waals surface area contributed by atoms with E-state index in [-0.39, 0.29) is 53.8 Å². The molecule has 0 amide bonds. The van der Waals surface area contributed by atoms with Gasteiger partial charge >= 0.3 is 17.9 Å². The Kier molecular flexibility index (Phi) is 2.76. The van der Waals surface area contributed by atoms with E-state index in [9.17, 15) is 14.4 Å². The molecular weight excluding hydrogens is 252 g/mol. The summed E-state index contributed by atoms with van der Waals surface area (Å²) in [5.41, 5.74) is 0. The molecule has 0 aromatic heterocycles. The van der Waals surface area contributed by atoms with E-state index in [2.05, 4.69) is 0 Å². The van der Waals surface area contributed by atoms with Crippen molar-refractivity contribution in [3.63, 3.8) is 0 Å². The Bertz CT molecular complexity index is 444. The average molecular weight is 268 g/mol. The summed E-state index contributed by atoms with van der Waals surface area (Å²) in [6, 6.07) is 0. The first-order valence-corrected chi connectivity index (χ1v) is 6.50. The van der Waals surface area contributed by atoms with Crippen molar-refractivity contribution in [2.24, 2.45) is 23.7 Å². The standard InChI is InChI=1S/C13H16O6/c1-5(14)18-9-3-7-10-8(4-17-13(10)16)11(9)12(7)19-6(2)15/h7-12H,3-4H2,1-2H3/t7-,8-,9-,10-,11+,12+/m1/s1. The SMILES string of the molecule is CC(=O)O[C@H]1[C@@H]2C[C@@H](OC(C)=O)[C@@H]1[C@@H]1COC(=O)[C@@H]12. The van der Waals surface area contributed by atoms with E-state index >= 15 is 0 Å². The minimum Gasteiger partial charge on any atom is -0.465 e. The molecule has 0 unspecified atom stereocenters. The van der Waals surface area contributed by atoms with Gasteiger partial charge in [-0.1, -0.05) is 0 Å². The van der Waals surface area contributed by atoms with Crippen LogP contribution in [0.3, 0.4) is 0 Å². The second-order valence-corrected chi connectivity index (χ2v) is 5.52. The number of rotatable bonds is 2. The van der Waals surface area contributed by atoms with Crippen molar-refractivity contribution < 1.29 is 28.6 Å². The second-order valence-electron chi connectivity index (χ2n) is 5.52. The second kappa shape index (κ2) is 4.21. The number of hydrogen-bond donors (Lipinski definition) is 0. The van der Waals surface area contributed by atoms with Crippen LogP contribution in [-0.4, -0.2) is 36.7 Å². The third-order valence-electron chi connectivity index (χ3n) is 4.46. The molecule has 6 heteroatoms. The molecule has 3 fully saturated rings. The Labute approximate surface area is 110 Å². The minimum atomic E-state index is -0.364. The molecule has 19 heavy (non-hydrogen) atoms. The zero-order chi connectivity index (χ0) is 13.7. The van der Waals surface area contributed by atoms with E-state index in [1.165, 1.54) is 13.8 Å². The molecule has 2 bridgehead atoms. The Morgan fingerprint density at radius 3 is 2.47 bits per heavy atom. The van der Waals surface area contributed by atoms with Crippen molar-refractivity contribution in [2.75, 3.05) is 6.61 Å². The van der Waals surface area contributed by atoms with Crippen molar-refractivity contribution in [1.29, 1.82) is 0 Å². The highest BCUT2D eigenvalue weighted by molar-refractivity contribution is 5.77. The lowest BCUT2D eigenvalue weighted by Gasteiger charge is -2.27. The van der Waals surface area contributed by atoms with Crippen LogP contribution in [-0.2, 0) is 28.6 Å². The normalized spacial score (nSPS) is 42.7. The highest BCUT2D eigenvalue weighted by atomic mass is 16.6. The molecule has 0 spiro atoms. The molecule has 6 atom stereocenters. The largest absolute Gasteiger partial charge is 0.465 e. The number of carbonyl (C=O) groups excluding carboxylic acids is 3. The van der Waals surface area contributed by atoms with Gasteiger partial charge < -0.3 is 14.2 Å². The summed E-state index contributed by atoms with van der Waals surface area (Å²) in [6.07, 6.45) is -0.0364. The Hall–Kier alpha value is -1.59. The van der Waals surface area contributed by atoms with Crippen molar-refractivity contribution in [3.8, 4) is 0 Å². The summed E-state index contributed by atoms with van der Waals surface area (Å²) in [6.45, 7) is 3.05. The van der Waals surface area contributed by atoms with Crippen LogP contribution in [0.2, 0.25) is 0 Å². The third-order valence-corrected chi connectivity index (χ3v) is 4.46. The van der Waals surface area contributed by atoms with Gasteiger partial charge in [0.05, 0.1) is 12.5 Å². The van der Waals surface area contributed by atoms with Crippen LogP contribution in [0.1, 0.15) is 20.3 Å². The van der Waals surface area contributed by atoms with Crippen LogP contribution in [0.5, 0.6) is 0 Å². The highest BCUT2D eigenvalue weighted by Crippen LogP contribution is 2.57. The first-order valence-electron chi connectivity index (χ1n) is 6.50. The van der Waals surface area contributed by atoms with Gasteiger partial charge in [0.25, 0.3) is 0 Å². The number of fused-ring (bicyclic) bond motifs is 5. The van der Waals surface area contributed by atoms with E-state index < -0.39 is 0 Å². The van der Waals surface area contributed by atoms with Crippen LogP contribution in [0.25, 0.3) is 0 Å². The number of ether oxygens (including phenoxy) is 3. The van der Waals surface area contributed by atoms with E-state index in [0.717, 1.165) is 0 Å². The number of hydrogen-bond acceptors (Lipinski definition) is 6. The van der Waals surface area contributed by atoms with Crippen molar-refractivity contribution in [3.05, 3.63) is 0 Å². The molecule has 2 aliphatic carbocycles. The molecular formula is C13H16O6. The predicted octanol–water partition coefficient (Wildman–Crippen LogP) is 0.289. The molecule has 0 aromatic carbocycles. The molecule has 104 valence electrons. The molecule has 0 radical (unpaired) electrons. The maximum atomic E-state index is 11.7. The first-order chi connectivity index (χ1) is 8.99. The van der Waals surface area contributed by atoms with E-state index in [1.54, 1.807) is 0 Å². The van der Waals surface area contributed by atoms with Gasteiger partial charge in [-0.25, -0.2) is 0 Å². The smallest absolute Gasteiger partial charge is 0.309 e. The van der Waals surface area contributed by atoms with Crippen LogP contribution in [0.4, 0.5) is 0 Å². The number of cyclic esters (lactones) is 1. The number of carbonyl (C=O) groups is 3. The zero-order valence-corrected chi connectivity index (χ0v) is 10.8. The van der Waals surface area contributed by atoms with Gasteiger partial charge in [-0.15, -0.1) is 0 Å². The summed E-state index contributed by atoms with van der Waals surface area (Å²) in [4.78, 5) is 34.1. The van der Waals surface area contributed by atoms with Gasteiger partial charge in [0.15, 0.2) is 0 Å². The van der Waals surface area contributed by atoms with Crippen LogP contribution in [0, 0.1) is 23.7 Å². The Balaban J connectivity index is 1.85. The maximum absolute atomic E-state index is 11.7. The Morgan fingerprint density at radius 1 is 1.16 bits per heavy atom. The topological polar surface area (TPSA) is 78.9 Å². The van der Waals surface area contributed by atoms with Gasteiger partial charge in [0.2, 0.25) is 0 Å². The molecule has 1 aliphatic heterocycles. The molecule has 6 nitrogen and oxygen atoms in total. The fourth-order valence-electron chi connectivity index (χ4n) is 4.02. The molecule has 1 saturated heterocycles. The fourth-order valence-corrected chi connectivity index (χ4v) is 4.02. The van der Waals surface area contributed by atoms with Crippen LogP contribution < -0.4 is 0 Å². The molecule has 3 rings (SSSR count). The number of esters is 3. The summed E-state index contributed by atoms with van der Waals surface area (Å²) in [5, 5.41) is 0. The Morgan fingerprint density at radius 2 is 1.84 bits per heavy atom. The van der Waals surface area contributed by atoms with E-state index in [4.69, 9.17) is 14.2 Å². The lowest BCUT2D eigenvalue weighted by Crippen LogP contribution is -2.35. The molecule has 0 aromatic rings. The van der Waals surface area contributed by atoms with Gasteiger partial charge in [-0.2, -0.15) is 0 Å². The maximum Gasteiger partial charge on any atom is 0.309 e. The zero-order valence-electron chi connectivity index (χ0n) is 10.8. The third kappa shape index (κ3) is 1.81. The van der Waals surface area contributed by atoms with Crippen LogP contribution in [0.15, 0.2) is 0 Å². The molecule has 2 saturated carbocycles. The summed E-state index contributed by atoms with van der Waals surface area (Å²) < 4.78 is 15.7. The summed E-state index contributed by atoms with van der Waals surface area (Å²) in [5.74, 6) is -1.33. The predicted molar refractivity (Wildman–Crippen MR) is 60.6 cm³/mol. The molecule has 3 aliphatic rings. The van der Waals surface area contributed by atoms with Crippen LogP contribution >= 0.6 is 0 Å². The minimum absolute atomic E-state index is 0.0000463. The lowest BCUT2D eigenvalue weighted by atomic mass is 9.80. The first kappa shape index (κ1) is 12.4. The highest BCUT2D eigenvalue weighted by Gasteiger charge is 2.66. The quantitative estimate of drug-likeness (QED) is 0.529. The molecule has 0 N–H and O–H groups in total. The van der Waals surface area contributed by atoms with Gasteiger partial charge in [-0.3, -0.25) is 14.4 Å². The van der Waals surface area contributed by atoms with E-state index in [1.807, 2.05) is 0 Å². The van der Waals surface area contributed by atoms with Crippen molar-refractivity contribution in [2.45, 2.75) is 32.5 Å². The van der Waals surface area contributed by atoms with Crippen molar-refractivity contribution >= 4 is 17.9 Å². The van der Waals surface area contributed by atoms with E-state index in [0.29, 0.717) is 13.0 Å². The fraction of sp³-hybridized carbons (Fsp3) is 0.769. The lowest BCUT2D eigenvalue weighted by molar-refractivity contribution is -0.155. The van der Waals surface area contributed by atoms with Crippen molar-refractivity contribution in [1.82, 2.24) is 0 Å². The summed E-state index contributed by atoms with van der Waals surface area (Å²) in [7, 11) is 0.